The van der Waals surface area contributed by atoms with Crippen molar-refractivity contribution in [3.05, 3.63) is 52.1 Å². The van der Waals surface area contributed by atoms with E-state index in [1.54, 1.807) is 6.07 Å². The summed E-state index contributed by atoms with van der Waals surface area (Å²) >= 11 is 0. The molecule has 21 heavy (non-hydrogen) atoms. The Morgan fingerprint density at radius 1 is 1.29 bits per heavy atom. The number of unbranched alkanes of at least 4 members (excludes halogenated alkanes) is 1. The molecule has 0 radical (unpaired) electrons. The van der Waals surface area contributed by atoms with Gasteiger partial charge < -0.3 is 5.32 Å². The minimum atomic E-state index is -0.377. The van der Waals surface area contributed by atoms with Crippen LogP contribution in [0, 0.1) is 6.92 Å². The van der Waals surface area contributed by atoms with Crippen LogP contribution in [-0.4, -0.2) is 20.7 Å². The minimum absolute atomic E-state index is 0.200. The molecule has 0 saturated heterocycles. The first-order valence-corrected chi connectivity index (χ1v) is 6.93. The average Bonchev–Trinajstić information content (AvgIpc) is 2.46. The number of aromatic nitrogens is 3. The Balaban J connectivity index is 2.17. The number of hydrogen-bond acceptors (Lipinski definition) is 4. The van der Waals surface area contributed by atoms with Crippen molar-refractivity contribution >= 4 is 11.7 Å². The lowest BCUT2D eigenvalue weighted by Crippen LogP contribution is -2.26. The second-order valence-electron chi connectivity index (χ2n) is 4.75. The zero-order valence-corrected chi connectivity index (χ0v) is 12.2. The molecule has 0 aromatic carbocycles. The number of amides is 1. The Bertz CT molecular complexity index is 694. The molecule has 0 spiro atoms. The summed E-state index contributed by atoms with van der Waals surface area (Å²) in [5, 5.41) is 6.77. The number of pyridine rings is 1. The van der Waals surface area contributed by atoms with Crippen molar-refractivity contribution in [1.82, 2.24) is 14.8 Å². The van der Waals surface area contributed by atoms with Gasteiger partial charge in [-0.25, -0.2) is 9.67 Å². The van der Waals surface area contributed by atoms with Crippen LogP contribution < -0.4 is 10.9 Å². The summed E-state index contributed by atoms with van der Waals surface area (Å²) in [6.07, 6.45) is 1.80. The first-order valence-electron chi connectivity index (χ1n) is 6.93. The standard InChI is InChI=1S/C15H18N4O2/c1-3-4-10-19-14(20)9-8-12(18-19)15(21)17-13-7-5-6-11(2)16-13/h5-9H,3-4,10H2,1-2H3,(H,16,17,21). The molecule has 1 amide bonds. The lowest BCUT2D eigenvalue weighted by atomic mass is 10.3. The molecule has 0 saturated carbocycles. The summed E-state index contributed by atoms with van der Waals surface area (Å²) in [6, 6.07) is 8.15. The molecule has 2 aromatic heterocycles. The van der Waals surface area contributed by atoms with E-state index in [-0.39, 0.29) is 17.2 Å². The van der Waals surface area contributed by atoms with Gasteiger partial charge in [-0.05, 0) is 31.5 Å². The zero-order chi connectivity index (χ0) is 15.2. The van der Waals surface area contributed by atoms with Crippen molar-refractivity contribution in [3.8, 4) is 0 Å². The lowest BCUT2D eigenvalue weighted by molar-refractivity contribution is 0.101. The van der Waals surface area contributed by atoms with Crippen molar-refractivity contribution < 1.29 is 4.79 Å². The van der Waals surface area contributed by atoms with E-state index < -0.39 is 0 Å². The van der Waals surface area contributed by atoms with Gasteiger partial charge in [-0.3, -0.25) is 9.59 Å². The van der Waals surface area contributed by atoms with E-state index >= 15 is 0 Å². The number of nitrogens with one attached hydrogen (secondary N) is 1. The van der Waals surface area contributed by atoms with Crippen molar-refractivity contribution in [1.29, 1.82) is 0 Å². The van der Waals surface area contributed by atoms with E-state index in [1.165, 1.54) is 16.8 Å². The molecule has 0 bridgehead atoms. The number of hydrogen-bond donors (Lipinski definition) is 1. The van der Waals surface area contributed by atoms with Crippen LogP contribution in [0.15, 0.2) is 35.1 Å². The van der Waals surface area contributed by atoms with Crippen molar-refractivity contribution in [2.75, 3.05) is 5.32 Å². The maximum atomic E-state index is 12.1. The molecule has 2 aromatic rings. The molecular weight excluding hydrogens is 268 g/mol. The van der Waals surface area contributed by atoms with Gasteiger partial charge in [-0.2, -0.15) is 5.10 Å². The van der Waals surface area contributed by atoms with Crippen LogP contribution in [0.2, 0.25) is 0 Å². The molecule has 0 fully saturated rings. The third-order valence-corrected chi connectivity index (χ3v) is 2.95. The number of aryl methyl sites for hydroxylation is 2. The Kier molecular flexibility index (Phi) is 4.81. The van der Waals surface area contributed by atoms with Gasteiger partial charge in [0.1, 0.15) is 11.5 Å². The third kappa shape index (κ3) is 3.98. The quantitative estimate of drug-likeness (QED) is 0.912. The van der Waals surface area contributed by atoms with Crippen LogP contribution in [-0.2, 0) is 6.54 Å². The number of rotatable bonds is 5. The summed E-state index contributed by atoms with van der Waals surface area (Å²) < 4.78 is 1.32. The predicted octanol–water partition coefficient (Wildman–Crippen LogP) is 2.00. The SMILES string of the molecule is CCCCn1nc(C(=O)Nc2cccc(C)n2)ccc1=O. The van der Waals surface area contributed by atoms with Gasteiger partial charge in [0, 0.05) is 18.3 Å². The van der Waals surface area contributed by atoms with Crippen molar-refractivity contribution in [3.63, 3.8) is 0 Å². The van der Waals surface area contributed by atoms with E-state index in [1.807, 2.05) is 26.0 Å². The highest BCUT2D eigenvalue weighted by atomic mass is 16.2. The maximum absolute atomic E-state index is 12.1. The van der Waals surface area contributed by atoms with Gasteiger partial charge in [0.15, 0.2) is 0 Å². The Hall–Kier alpha value is -2.50. The summed E-state index contributed by atoms with van der Waals surface area (Å²) in [5.74, 6) is 0.0893. The van der Waals surface area contributed by atoms with Gasteiger partial charge in [0.05, 0.1) is 0 Å². The van der Waals surface area contributed by atoms with Crippen LogP contribution in [0.25, 0.3) is 0 Å². The summed E-state index contributed by atoms with van der Waals surface area (Å²) in [6.45, 7) is 4.39. The fourth-order valence-electron chi connectivity index (χ4n) is 1.83. The number of carbonyl (C=O) groups excluding carboxylic acids is 1. The smallest absolute Gasteiger partial charge is 0.277 e. The van der Waals surface area contributed by atoms with Gasteiger partial charge in [0.25, 0.3) is 11.5 Å². The summed E-state index contributed by atoms with van der Waals surface area (Å²) in [7, 11) is 0. The van der Waals surface area contributed by atoms with Gasteiger partial charge >= 0.3 is 0 Å². The van der Waals surface area contributed by atoms with Crippen LogP contribution in [0.1, 0.15) is 35.9 Å². The first-order chi connectivity index (χ1) is 10.1. The van der Waals surface area contributed by atoms with E-state index in [4.69, 9.17) is 0 Å². The van der Waals surface area contributed by atoms with Crippen molar-refractivity contribution in [2.45, 2.75) is 33.2 Å². The Labute approximate surface area is 122 Å². The molecule has 1 N–H and O–H groups in total. The second kappa shape index (κ2) is 6.78. The van der Waals surface area contributed by atoms with E-state index in [0.717, 1.165) is 18.5 Å². The third-order valence-electron chi connectivity index (χ3n) is 2.95. The fraction of sp³-hybridized carbons (Fsp3) is 0.333. The van der Waals surface area contributed by atoms with Gasteiger partial charge in [-0.1, -0.05) is 19.4 Å². The molecule has 6 heteroatoms. The molecule has 0 aliphatic heterocycles. The minimum Gasteiger partial charge on any atom is -0.305 e. The molecule has 2 rings (SSSR count). The summed E-state index contributed by atoms with van der Waals surface area (Å²) in [4.78, 5) is 28.0. The van der Waals surface area contributed by atoms with Crippen LogP contribution in [0.4, 0.5) is 5.82 Å². The van der Waals surface area contributed by atoms with E-state index in [0.29, 0.717) is 12.4 Å². The summed E-state index contributed by atoms with van der Waals surface area (Å²) in [5.41, 5.74) is 0.816. The lowest BCUT2D eigenvalue weighted by Gasteiger charge is -2.07. The van der Waals surface area contributed by atoms with E-state index in [2.05, 4.69) is 15.4 Å². The largest absolute Gasteiger partial charge is 0.305 e. The average molecular weight is 286 g/mol. The monoisotopic (exact) mass is 286 g/mol. The molecule has 0 aliphatic rings. The highest BCUT2D eigenvalue weighted by molar-refractivity contribution is 6.02. The van der Waals surface area contributed by atoms with Gasteiger partial charge in [0.2, 0.25) is 0 Å². The normalized spacial score (nSPS) is 10.4. The molecule has 0 aliphatic carbocycles. The van der Waals surface area contributed by atoms with Crippen molar-refractivity contribution in [2.24, 2.45) is 0 Å². The highest BCUT2D eigenvalue weighted by Gasteiger charge is 2.10. The second-order valence-corrected chi connectivity index (χ2v) is 4.75. The van der Waals surface area contributed by atoms with Crippen LogP contribution >= 0.6 is 0 Å². The first kappa shape index (κ1) is 14.9. The molecule has 110 valence electrons. The van der Waals surface area contributed by atoms with Gasteiger partial charge in [-0.15, -0.1) is 0 Å². The number of anilines is 1. The Morgan fingerprint density at radius 2 is 2.10 bits per heavy atom. The fourth-order valence-corrected chi connectivity index (χ4v) is 1.83. The number of nitrogens with zero attached hydrogens (tertiary/aromatic N) is 3. The van der Waals surface area contributed by atoms with Crippen LogP contribution in [0.5, 0.6) is 0 Å². The number of carbonyl (C=O) groups is 1. The van der Waals surface area contributed by atoms with Crippen LogP contribution in [0.3, 0.4) is 0 Å². The Morgan fingerprint density at radius 3 is 2.81 bits per heavy atom. The zero-order valence-electron chi connectivity index (χ0n) is 12.2. The molecule has 6 nitrogen and oxygen atoms in total. The van der Waals surface area contributed by atoms with E-state index in [9.17, 15) is 9.59 Å². The predicted molar refractivity (Wildman–Crippen MR) is 80.3 cm³/mol. The highest BCUT2D eigenvalue weighted by Crippen LogP contribution is 2.05. The molecular formula is C15H18N4O2. The topological polar surface area (TPSA) is 76.9 Å². The molecule has 0 atom stereocenters. The molecule has 0 unspecified atom stereocenters. The maximum Gasteiger partial charge on any atom is 0.277 e. The molecule has 2 heterocycles.